The van der Waals surface area contributed by atoms with Gasteiger partial charge in [-0.05, 0) is 20.0 Å². The zero-order valence-electron chi connectivity index (χ0n) is 9.60. The summed E-state index contributed by atoms with van der Waals surface area (Å²) in [5, 5.41) is 0. The molecule has 1 aromatic rings. The third-order valence-corrected chi connectivity index (χ3v) is 1.11. The molecule has 83 valence electrons. The molecule has 0 spiro atoms. The summed E-state index contributed by atoms with van der Waals surface area (Å²) in [6.45, 7) is 6.69. The van der Waals surface area contributed by atoms with Crippen LogP contribution in [0.5, 0.6) is 0 Å². The van der Waals surface area contributed by atoms with Crippen LogP contribution in [-0.2, 0) is 17.1 Å². The third-order valence-electron chi connectivity index (χ3n) is 1.11. The van der Waals surface area contributed by atoms with Gasteiger partial charge in [-0.1, -0.05) is 0 Å². The first-order chi connectivity index (χ1) is 6.73. The second-order valence-electron chi connectivity index (χ2n) is 3.27. The zero-order valence-corrected chi connectivity index (χ0v) is 11.7. The summed E-state index contributed by atoms with van der Waals surface area (Å²) < 4.78 is 0. The molecule has 0 N–H and O–H groups in total. The van der Waals surface area contributed by atoms with Gasteiger partial charge in [0.25, 0.3) is 0 Å². The summed E-state index contributed by atoms with van der Waals surface area (Å²) in [5.41, 5.74) is 0. The molecule has 0 nitrogen and oxygen atoms in total. The fraction of sp³-hybridized carbons (Fsp3) is 0.231. The number of hydrogen-bond acceptors (Lipinski definition) is 0. The topological polar surface area (TPSA) is 0 Å². The van der Waals surface area contributed by atoms with Crippen molar-refractivity contribution in [3.05, 3.63) is 61.7 Å². The smallest absolute Gasteiger partial charge is 0.231 e. The first kappa shape index (κ1) is 17.3. The van der Waals surface area contributed by atoms with Crippen molar-refractivity contribution in [3.8, 4) is 0 Å². The normalized spacial score (nSPS) is 11.5. The van der Waals surface area contributed by atoms with E-state index in [0.717, 1.165) is 0 Å². The van der Waals surface area contributed by atoms with E-state index in [1.54, 1.807) is 0 Å². The van der Waals surface area contributed by atoms with E-state index in [2.05, 4.69) is 20.0 Å². The Hall–Kier alpha value is -0.0905. The standard InChI is InChI=1S/2C5H5.C3H9P.Mn/c2*1-2-4-5-3-1;1-4(2)3;/h2*1-5H;1-3H3;/q2*-1;;+2. The minimum Gasteiger partial charge on any atom is -0.231 e. The van der Waals surface area contributed by atoms with E-state index in [0.29, 0.717) is 7.92 Å². The van der Waals surface area contributed by atoms with Gasteiger partial charge in [-0.15, -0.1) is 20.8 Å². The Morgan fingerprint density at radius 3 is 1.67 bits per heavy atom. The maximum absolute atomic E-state index is 2.23. The van der Waals surface area contributed by atoms with Crippen LogP contribution in [0.15, 0.2) is 42.5 Å². The maximum Gasteiger partial charge on any atom is 2.00 e. The van der Waals surface area contributed by atoms with E-state index in [9.17, 15) is 0 Å². The first-order valence-electron chi connectivity index (χ1n) is 4.67. The van der Waals surface area contributed by atoms with Crippen LogP contribution in [-0.4, -0.2) is 20.0 Å². The molecule has 0 heterocycles. The Bertz CT molecular complexity index is 176. The van der Waals surface area contributed by atoms with Crippen LogP contribution >= 0.6 is 7.92 Å². The molecule has 0 saturated heterocycles. The number of allylic oxidation sites excluding steroid dienone is 2. The van der Waals surface area contributed by atoms with E-state index in [-0.39, 0.29) is 17.1 Å². The van der Waals surface area contributed by atoms with Gasteiger partial charge in [-0.2, -0.15) is 18.2 Å². The van der Waals surface area contributed by atoms with Crippen LogP contribution in [0, 0.1) is 19.3 Å². The molecule has 0 aliphatic heterocycles. The summed E-state index contributed by atoms with van der Waals surface area (Å²) in [6.07, 6.45) is 10.0. The van der Waals surface area contributed by atoms with Crippen LogP contribution in [0.4, 0.5) is 0 Å². The van der Waals surface area contributed by atoms with Crippen LogP contribution in [0.2, 0.25) is 0 Å². The fourth-order valence-corrected chi connectivity index (χ4v) is 0.642. The van der Waals surface area contributed by atoms with Crippen molar-refractivity contribution in [1.82, 2.24) is 0 Å². The molecule has 0 amide bonds. The van der Waals surface area contributed by atoms with Gasteiger partial charge in [-0.25, -0.2) is 30.7 Å². The van der Waals surface area contributed by atoms with E-state index in [1.807, 2.05) is 61.7 Å². The van der Waals surface area contributed by atoms with E-state index >= 15 is 0 Å². The average Bonchev–Trinajstić information content (AvgIpc) is 2.83. The van der Waals surface area contributed by atoms with Crippen LogP contribution in [0.1, 0.15) is 0 Å². The van der Waals surface area contributed by atoms with Crippen molar-refractivity contribution >= 4 is 7.92 Å². The van der Waals surface area contributed by atoms with E-state index in [4.69, 9.17) is 0 Å². The summed E-state index contributed by atoms with van der Waals surface area (Å²) >= 11 is 0. The van der Waals surface area contributed by atoms with Crippen LogP contribution < -0.4 is 0 Å². The molecule has 2 rings (SSSR count). The third kappa shape index (κ3) is 20.1. The van der Waals surface area contributed by atoms with Crippen molar-refractivity contribution in [2.45, 2.75) is 0 Å². The predicted octanol–water partition coefficient (Wildman–Crippen LogP) is 3.93. The summed E-state index contributed by atoms with van der Waals surface area (Å²) in [5.74, 6) is 0. The van der Waals surface area contributed by atoms with Crippen molar-refractivity contribution < 1.29 is 17.1 Å². The number of hydrogen-bond donors (Lipinski definition) is 0. The van der Waals surface area contributed by atoms with Gasteiger partial charge in [-0.3, -0.25) is 0 Å². The van der Waals surface area contributed by atoms with Crippen molar-refractivity contribution in [1.29, 1.82) is 0 Å². The summed E-state index contributed by atoms with van der Waals surface area (Å²) in [6, 6.07) is 10.0. The molecule has 0 atom stereocenters. The molecule has 0 unspecified atom stereocenters. The summed E-state index contributed by atoms with van der Waals surface area (Å²) in [4.78, 5) is 0. The molecular formula is C13H19MnP. The minimum atomic E-state index is 0. The van der Waals surface area contributed by atoms with Gasteiger partial charge >= 0.3 is 17.1 Å². The number of rotatable bonds is 0. The van der Waals surface area contributed by atoms with Gasteiger partial charge in [0.2, 0.25) is 0 Å². The molecule has 0 bridgehead atoms. The fourth-order valence-electron chi connectivity index (χ4n) is 0.642. The largest absolute Gasteiger partial charge is 2.00 e. The van der Waals surface area contributed by atoms with Gasteiger partial charge < -0.3 is 0 Å². The van der Waals surface area contributed by atoms with E-state index < -0.39 is 0 Å². The minimum absolute atomic E-state index is 0. The molecule has 0 saturated carbocycles. The van der Waals surface area contributed by atoms with Crippen molar-refractivity contribution in [2.24, 2.45) is 0 Å². The Balaban J connectivity index is 0. The maximum atomic E-state index is 2.23. The van der Waals surface area contributed by atoms with Gasteiger partial charge in [0, 0.05) is 0 Å². The molecule has 1 aliphatic rings. The first-order valence-corrected chi connectivity index (χ1v) is 7.36. The van der Waals surface area contributed by atoms with Gasteiger partial charge in [0.15, 0.2) is 0 Å². The predicted molar refractivity (Wildman–Crippen MR) is 68.8 cm³/mol. The quantitative estimate of drug-likeness (QED) is 0.377. The second-order valence-corrected chi connectivity index (χ2v) is 5.95. The Labute approximate surface area is 107 Å². The van der Waals surface area contributed by atoms with Crippen LogP contribution in [0.25, 0.3) is 0 Å². The van der Waals surface area contributed by atoms with Gasteiger partial charge in [0.05, 0.1) is 0 Å². The molecular weight excluding hydrogens is 242 g/mol. The van der Waals surface area contributed by atoms with E-state index in [1.165, 1.54) is 0 Å². The van der Waals surface area contributed by atoms with Crippen molar-refractivity contribution in [3.63, 3.8) is 0 Å². The zero-order chi connectivity index (χ0) is 10.6. The molecule has 3 radical (unpaired) electrons. The SMILES string of the molecule is CP(C)C.[CH]1[CH][CH-]C=C1.[Mn+2].c1cc[cH-]c1. The molecule has 1 aromatic carbocycles. The monoisotopic (exact) mass is 261 g/mol. The molecule has 15 heavy (non-hydrogen) atoms. The average molecular weight is 261 g/mol. The summed E-state index contributed by atoms with van der Waals surface area (Å²) in [7, 11) is 0.380. The second kappa shape index (κ2) is 13.9. The van der Waals surface area contributed by atoms with Crippen LogP contribution in [0.3, 0.4) is 0 Å². The molecule has 0 fully saturated rings. The molecule has 1 aliphatic carbocycles. The molecule has 0 aromatic heterocycles. The Morgan fingerprint density at radius 1 is 1.00 bits per heavy atom. The molecule has 2 heteroatoms. The van der Waals surface area contributed by atoms with Gasteiger partial charge in [0.1, 0.15) is 0 Å². The van der Waals surface area contributed by atoms with Crippen molar-refractivity contribution in [2.75, 3.05) is 20.0 Å². The Kier molecular flexibility index (Phi) is 16.1. The Morgan fingerprint density at radius 2 is 1.53 bits per heavy atom.